The zero-order valence-electron chi connectivity index (χ0n) is 19.5. The molecule has 2 N–H and O–H groups in total. The Labute approximate surface area is 198 Å². The molecule has 0 aliphatic rings. The predicted octanol–water partition coefficient (Wildman–Crippen LogP) is 3.71. The fourth-order valence-corrected chi connectivity index (χ4v) is 3.51. The maximum Gasteiger partial charge on any atom is 0.305 e. The number of aliphatic carboxylic acids is 1. The van der Waals surface area contributed by atoms with Crippen molar-refractivity contribution in [3.63, 3.8) is 0 Å². The molecule has 0 fully saturated rings. The molecule has 0 bridgehead atoms. The number of aryl methyl sites for hydroxylation is 1. The van der Waals surface area contributed by atoms with Crippen LogP contribution in [0.1, 0.15) is 44.4 Å². The minimum Gasteiger partial charge on any atom is -0.494 e. The highest BCUT2D eigenvalue weighted by Crippen LogP contribution is 2.31. The molecule has 34 heavy (non-hydrogen) atoms. The molecule has 2 aromatic carbocycles. The minimum atomic E-state index is -1.04. The Kier molecular flexibility index (Phi) is 7.63. The first kappa shape index (κ1) is 24.4. The summed E-state index contributed by atoms with van der Waals surface area (Å²) in [5, 5.41) is 12.1. The number of hydrogen-bond acceptors (Lipinski definition) is 5. The van der Waals surface area contributed by atoms with Crippen molar-refractivity contribution < 1.29 is 24.2 Å². The monoisotopic (exact) mass is 461 g/mol. The number of carbonyl (C=O) groups is 3. The lowest BCUT2D eigenvalue weighted by Crippen LogP contribution is -2.31. The Morgan fingerprint density at radius 1 is 1.03 bits per heavy atom. The summed E-state index contributed by atoms with van der Waals surface area (Å²) in [7, 11) is 4.79. The van der Waals surface area contributed by atoms with Crippen LogP contribution in [0, 0.1) is 6.92 Å². The second kappa shape index (κ2) is 10.6. The van der Waals surface area contributed by atoms with Gasteiger partial charge in [-0.1, -0.05) is 48.0 Å². The quantitative estimate of drug-likeness (QED) is 0.529. The number of nitrogens with zero attached hydrogens (tertiary/aromatic N) is 2. The number of pyridine rings is 1. The lowest BCUT2D eigenvalue weighted by molar-refractivity contribution is -0.137. The van der Waals surface area contributed by atoms with E-state index in [1.54, 1.807) is 56.6 Å². The van der Waals surface area contributed by atoms with Crippen molar-refractivity contribution in [1.82, 2.24) is 15.2 Å². The number of nitrogens with one attached hydrogen (secondary N) is 1. The molecule has 0 unspecified atom stereocenters. The van der Waals surface area contributed by atoms with Crippen LogP contribution in [0.3, 0.4) is 0 Å². The van der Waals surface area contributed by atoms with Crippen LogP contribution in [0.15, 0.2) is 60.7 Å². The van der Waals surface area contributed by atoms with Gasteiger partial charge in [-0.3, -0.25) is 14.4 Å². The first-order chi connectivity index (χ1) is 16.2. The summed E-state index contributed by atoms with van der Waals surface area (Å²) < 4.78 is 5.45. The van der Waals surface area contributed by atoms with Gasteiger partial charge in [0.05, 0.1) is 19.6 Å². The highest BCUT2D eigenvalue weighted by Gasteiger charge is 2.23. The number of methoxy groups -OCH3 is 1. The molecule has 3 rings (SSSR count). The Balaban J connectivity index is 1.99. The highest BCUT2D eigenvalue weighted by atomic mass is 16.5. The van der Waals surface area contributed by atoms with E-state index in [1.165, 1.54) is 18.1 Å². The normalized spacial score (nSPS) is 11.4. The number of carbonyl (C=O) groups excluding carboxylic acids is 2. The minimum absolute atomic E-state index is 0.0744. The van der Waals surface area contributed by atoms with Crippen LogP contribution in [-0.4, -0.2) is 54.0 Å². The fourth-order valence-electron chi connectivity index (χ4n) is 3.51. The van der Waals surface area contributed by atoms with Gasteiger partial charge in [-0.05, 0) is 30.7 Å². The van der Waals surface area contributed by atoms with E-state index in [0.717, 1.165) is 5.56 Å². The van der Waals surface area contributed by atoms with Gasteiger partial charge in [0.25, 0.3) is 11.8 Å². The Morgan fingerprint density at radius 3 is 2.32 bits per heavy atom. The van der Waals surface area contributed by atoms with Crippen LogP contribution in [0.5, 0.6) is 5.75 Å². The average Bonchev–Trinajstić information content (AvgIpc) is 2.82. The van der Waals surface area contributed by atoms with E-state index >= 15 is 0 Å². The molecule has 176 valence electrons. The molecule has 1 atom stereocenters. The molecular formula is C26H27N3O5. The summed E-state index contributed by atoms with van der Waals surface area (Å²) in [6.07, 6.45) is -0.280. The van der Waals surface area contributed by atoms with E-state index in [4.69, 9.17) is 4.74 Å². The van der Waals surface area contributed by atoms with Gasteiger partial charge in [0.2, 0.25) is 0 Å². The zero-order valence-corrected chi connectivity index (χ0v) is 19.5. The highest BCUT2D eigenvalue weighted by molar-refractivity contribution is 6.01. The van der Waals surface area contributed by atoms with Crippen LogP contribution in [0.25, 0.3) is 11.3 Å². The second-order valence-electron chi connectivity index (χ2n) is 8.03. The number of carboxylic acids is 1. The van der Waals surface area contributed by atoms with E-state index in [9.17, 15) is 19.5 Å². The number of carboxylic acid groups (broad SMARTS) is 1. The smallest absolute Gasteiger partial charge is 0.305 e. The van der Waals surface area contributed by atoms with Crippen LogP contribution < -0.4 is 10.1 Å². The standard InChI is InChI=1S/C26H27N3O5/c1-16-9-11-17(12-10-16)21(15-23(30)31)28-25(32)20-13-14-22(34-4)24(27-20)18-7-5-6-8-19(18)26(33)29(2)3/h5-14,21H,15H2,1-4H3,(H,28,32)(H,30,31)/t21-/m0/s1. The first-order valence-electron chi connectivity index (χ1n) is 10.7. The molecule has 0 spiro atoms. The molecule has 8 heteroatoms. The van der Waals surface area contributed by atoms with E-state index < -0.39 is 17.9 Å². The van der Waals surface area contributed by atoms with E-state index in [1.807, 2.05) is 19.1 Å². The molecule has 0 saturated heterocycles. The van der Waals surface area contributed by atoms with Crippen LogP contribution in [0.2, 0.25) is 0 Å². The Hall–Kier alpha value is -4.20. The third kappa shape index (κ3) is 5.58. The maximum atomic E-state index is 13.1. The van der Waals surface area contributed by atoms with Crippen molar-refractivity contribution in [2.24, 2.45) is 0 Å². The zero-order chi connectivity index (χ0) is 24.8. The number of benzene rings is 2. The summed E-state index contributed by atoms with van der Waals surface area (Å²) in [4.78, 5) is 43.2. The summed E-state index contributed by atoms with van der Waals surface area (Å²) in [6.45, 7) is 1.93. The summed E-state index contributed by atoms with van der Waals surface area (Å²) >= 11 is 0. The van der Waals surface area contributed by atoms with Gasteiger partial charge in [0.15, 0.2) is 0 Å². The third-order valence-electron chi connectivity index (χ3n) is 5.29. The summed E-state index contributed by atoms with van der Waals surface area (Å²) in [6, 6.07) is 16.6. The van der Waals surface area contributed by atoms with Gasteiger partial charge in [-0.2, -0.15) is 0 Å². The topological polar surface area (TPSA) is 109 Å². The van der Waals surface area contributed by atoms with Crippen LogP contribution in [0.4, 0.5) is 0 Å². The van der Waals surface area contributed by atoms with Crippen molar-refractivity contribution >= 4 is 17.8 Å². The number of hydrogen-bond donors (Lipinski definition) is 2. The van der Waals surface area contributed by atoms with Crippen molar-refractivity contribution in [1.29, 1.82) is 0 Å². The van der Waals surface area contributed by atoms with Gasteiger partial charge in [-0.15, -0.1) is 0 Å². The lowest BCUT2D eigenvalue weighted by Gasteiger charge is -2.19. The van der Waals surface area contributed by atoms with Crippen LogP contribution >= 0.6 is 0 Å². The number of rotatable bonds is 8. The van der Waals surface area contributed by atoms with E-state index in [-0.39, 0.29) is 18.0 Å². The molecule has 0 radical (unpaired) electrons. The Bertz CT molecular complexity index is 1210. The van der Waals surface area contributed by atoms with Crippen molar-refractivity contribution in [2.75, 3.05) is 21.2 Å². The van der Waals surface area contributed by atoms with Gasteiger partial charge >= 0.3 is 5.97 Å². The van der Waals surface area contributed by atoms with Crippen molar-refractivity contribution in [3.8, 4) is 17.0 Å². The van der Waals surface area contributed by atoms with Gasteiger partial charge in [0, 0.05) is 25.2 Å². The largest absolute Gasteiger partial charge is 0.494 e. The molecular weight excluding hydrogens is 434 g/mol. The van der Waals surface area contributed by atoms with Crippen molar-refractivity contribution in [3.05, 3.63) is 83.0 Å². The van der Waals surface area contributed by atoms with Crippen LogP contribution in [-0.2, 0) is 4.79 Å². The lowest BCUT2D eigenvalue weighted by atomic mass is 10.0. The second-order valence-corrected chi connectivity index (χ2v) is 8.03. The summed E-state index contributed by atoms with van der Waals surface area (Å²) in [5.74, 6) is -1.39. The van der Waals surface area contributed by atoms with Crippen molar-refractivity contribution in [2.45, 2.75) is 19.4 Å². The van der Waals surface area contributed by atoms with E-state index in [0.29, 0.717) is 28.1 Å². The molecule has 2 amide bonds. The third-order valence-corrected chi connectivity index (χ3v) is 5.29. The molecule has 0 aliphatic heterocycles. The van der Waals surface area contributed by atoms with Gasteiger partial charge in [-0.25, -0.2) is 4.98 Å². The molecule has 3 aromatic rings. The molecule has 1 aromatic heterocycles. The molecule has 8 nitrogen and oxygen atoms in total. The average molecular weight is 462 g/mol. The number of amides is 2. The SMILES string of the molecule is COc1ccc(C(=O)N[C@@H](CC(=O)O)c2ccc(C)cc2)nc1-c1ccccc1C(=O)N(C)C. The number of ether oxygens (including phenoxy) is 1. The molecule has 0 saturated carbocycles. The van der Waals surface area contributed by atoms with E-state index in [2.05, 4.69) is 10.3 Å². The van der Waals surface area contributed by atoms with Gasteiger partial charge in [0.1, 0.15) is 17.1 Å². The summed E-state index contributed by atoms with van der Waals surface area (Å²) in [5.41, 5.74) is 3.05. The first-order valence-corrected chi connectivity index (χ1v) is 10.7. The predicted molar refractivity (Wildman–Crippen MR) is 128 cm³/mol. The molecule has 1 heterocycles. The molecule has 0 aliphatic carbocycles. The maximum absolute atomic E-state index is 13.1. The Morgan fingerprint density at radius 2 is 1.71 bits per heavy atom. The van der Waals surface area contributed by atoms with Gasteiger partial charge < -0.3 is 20.1 Å². The fraction of sp³-hybridized carbons (Fsp3) is 0.231. The number of aromatic nitrogens is 1.